The van der Waals surface area contributed by atoms with E-state index in [1.165, 1.54) is 11.3 Å². The Hall–Kier alpha value is -1.20. The number of nitrogens with zero attached hydrogens (tertiary/aromatic N) is 2. The number of carbonyl (C=O) groups excluding carboxylic acids is 1. The van der Waals surface area contributed by atoms with E-state index in [0.29, 0.717) is 5.69 Å². The van der Waals surface area contributed by atoms with Crippen molar-refractivity contribution in [1.29, 1.82) is 0 Å². The van der Waals surface area contributed by atoms with E-state index in [1.54, 1.807) is 6.92 Å². The fourth-order valence-electron chi connectivity index (χ4n) is 1.57. The van der Waals surface area contributed by atoms with Crippen molar-refractivity contribution in [3.8, 4) is 10.4 Å². The first kappa shape index (κ1) is 13.2. The van der Waals surface area contributed by atoms with Crippen LogP contribution in [0.5, 0.6) is 0 Å². The molecule has 0 aliphatic carbocycles. The molecule has 0 fully saturated rings. The van der Waals surface area contributed by atoms with Crippen molar-refractivity contribution in [2.24, 2.45) is 0 Å². The third-order valence-electron chi connectivity index (χ3n) is 2.45. The Bertz CT molecular complexity index is 592. The van der Waals surface area contributed by atoms with E-state index >= 15 is 0 Å². The SMILES string of the molecule is CC(=O)c1nc(N(C)C)sc1-c1ccccc1Br. The molecule has 0 atom stereocenters. The van der Waals surface area contributed by atoms with E-state index in [2.05, 4.69) is 20.9 Å². The molecule has 94 valence electrons. The van der Waals surface area contributed by atoms with Gasteiger partial charge in [-0.1, -0.05) is 45.5 Å². The number of rotatable bonds is 3. The molecule has 0 amide bonds. The van der Waals surface area contributed by atoms with Gasteiger partial charge in [0.05, 0.1) is 4.88 Å². The second-order valence-electron chi connectivity index (χ2n) is 4.10. The number of aromatic nitrogens is 1. The third-order valence-corrected chi connectivity index (χ3v) is 4.40. The van der Waals surface area contributed by atoms with Crippen LogP contribution in [0.25, 0.3) is 10.4 Å². The fraction of sp³-hybridized carbons (Fsp3) is 0.231. The lowest BCUT2D eigenvalue weighted by atomic mass is 10.1. The van der Waals surface area contributed by atoms with Crippen LogP contribution in [0.2, 0.25) is 0 Å². The minimum atomic E-state index is -0.00916. The van der Waals surface area contributed by atoms with Crippen LogP contribution in [0.3, 0.4) is 0 Å². The zero-order valence-corrected chi connectivity index (χ0v) is 12.8. The van der Waals surface area contributed by atoms with Gasteiger partial charge in [0, 0.05) is 31.1 Å². The number of carbonyl (C=O) groups is 1. The molecule has 0 aliphatic heterocycles. The first-order valence-electron chi connectivity index (χ1n) is 5.44. The number of Topliss-reactive ketones (excluding diaryl/α,β-unsaturated/α-hetero) is 1. The van der Waals surface area contributed by atoms with Crippen LogP contribution < -0.4 is 4.90 Å². The fourth-order valence-corrected chi connectivity index (χ4v) is 3.26. The monoisotopic (exact) mass is 324 g/mol. The molecular weight excluding hydrogens is 312 g/mol. The zero-order valence-electron chi connectivity index (χ0n) is 10.4. The molecule has 0 aliphatic rings. The summed E-state index contributed by atoms with van der Waals surface area (Å²) in [5.41, 5.74) is 1.55. The Morgan fingerprint density at radius 1 is 1.33 bits per heavy atom. The van der Waals surface area contributed by atoms with Crippen LogP contribution >= 0.6 is 27.3 Å². The van der Waals surface area contributed by atoms with Crippen molar-refractivity contribution in [2.75, 3.05) is 19.0 Å². The van der Waals surface area contributed by atoms with Crippen molar-refractivity contribution in [3.63, 3.8) is 0 Å². The summed E-state index contributed by atoms with van der Waals surface area (Å²) in [6, 6.07) is 7.87. The summed E-state index contributed by atoms with van der Waals surface area (Å²) < 4.78 is 0.974. The smallest absolute Gasteiger partial charge is 0.186 e. The minimum Gasteiger partial charge on any atom is -0.354 e. The van der Waals surface area contributed by atoms with Crippen LogP contribution in [0.15, 0.2) is 28.7 Å². The number of hydrogen-bond acceptors (Lipinski definition) is 4. The lowest BCUT2D eigenvalue weighted by Crippen LogP contribution is -2.08. The molecule has 5 heteroatoms. The van der Waals surface area contributed by atoms with Crippen molar-refractivity contribution >= 4 is 38.2 Å². The number of anilines is 1. The predicted octanol–water partition coefficient (Wildman–Crippen LogP) is 3.84. The summed E-state index contributed by atoms with van der Waals surface area (Å²) in [7, 11) is 3.85. The lowest BCUT2D eigenvalue weighted by Gasteiger charge is -2.05. The minimum absolute atomic E-state index is 0.00916. The van der Waals surface area contributed by atoms with Crippen molar-refractivity contribution < 1.29 is 4.79 Å². The number of benzene rings is 1. The molecule has 1 aromatic heterocycles. The molecule has 0 saturated carbocycles. The highest BCUT2D eigenvalue weighted by atomic mass is 79.9. The van der Waals surface area contributed by atoms with Gasteiger partial charge >= 0.3 is 0 Å². The third kappa shape index (κ3) is 2.47. The summed E-state index contributed by atoms with van der Waals surface area (Å²) in [5, 5.41) is 0.839. The molecule has 2 aromatic rings. The van der Waals surface area contributed by atoms with E-state index < -0.39 is 0 Å². The maximum Gasteiger partial charge on any atom is 0.186 e. The molecule has 0 radical (unpaired) electrons. The highest BCUT2D eigenvalue weighted by Gasteiger charge is 2.18. The van der Waals surface area contributed by atoms with Crippen LogP contribution in [0.4, 0.5) is 5.13 Å². The Morgan fingerprint density at radius 3 is 2.56 bits per heavy atom. The zero-order chi connectivity index (χ0) is 13.3. The summed E-state index contributed by atoms with van der Waals surface area (Å²) in [6.07, 6.45) is 0. The van der Waals surface area contributed by atoms with E-state index in [0.717, 1.165) is 20.0 Å². The molecule has 1 heterocycles. The summed E-state index contributed by atoms with van der Waals surface area (Å²) in [5.74, 6) is -0.00916. The van der Waals surface area contributed by atoms with Crippen LogP contribution in [-0.4, -0.2) is 24.9 Å². The van der Waals surface area contributed by atoms with Gasteiger partial charge in [0.2, 0.25) is 0 Å². The Morgan fingerprint density at radius 2 is 2.00 bits per heavy atom. The molecule has 0 unspecified atom stereocenters. The van der Waals surface area contributed by atoms with Crippen molar-refractivity contribution in [3.05, 3.63) is 34.4 Å². The highest BCUT2D eigenvalue weighted by Crippen LogP contribution is 2.38. The van der Waals surface area contributed by atoms with Crippen molar-refractivity contribution in [2.45, 2.75) is 6.92 Å². The largest absolute Gasteiger partial charge is 0.354 e. The van der Waals surface area contributed by atoms with Crippen LogP contribution in [0.1, 0.15) is 17.4 Å². The molecule has 0 saturated heterocycles. The van der Waals surface area contributed by atoms with Gasteiger partial charge < -0.3 is 4.90 Å². The van der Waals surface area contributed by atoms with E-state index in [1.807, 2.05) is 43.3 Å². The van der Waals surface area contributed by atoms with Gasteiger partial charge in [-0.3, -0.25) is 4.79 Å². The predicted molar refractivity (Wildman–Crippen MR) is 79.6 cm³/mol. The van der Waals surface area contributed by atoms with Gasteiger partial charge in [0.1, 0.15) is 5.69 Å². The van der Waals surface area contributed by atoms with Gasteiger partial charge in [-0.2, -0.15) is 0 Å². The Balaban J connectivity index is 2.63. The maximum absolute atomic E-state index is 11.7. The number of ketones is 1. The molecule has 18 heavy (non-hydrogen) atoms. The molecule has 1 aromatic carbocycles. The quantitative estimate of drug-likeness (QED) is 0.804. The molecule has 2 rings (SSSR count). The average molecular weight is 325 g/mol. The average Bonchev–Trinajstić information content (AvgIpc) is 2.74. The molecule has 0 bridgehead atoms. The molecular formula is C13H13BrN2OS. The second kappa shape index (κ2) is 5.20. The summed E-state index contributed by atoms with van der Waals surface area (Å²) in [4.78, 5) is 18.9. The van der Waals surface area contributed by atoms with Crippen molar-refractivity contribution in [1.82, 2.24) is 4.98 Å². The number of hydrogen-bond donors (Lipinski definition) is 0. The summed E-state index contributed by atoms with van der Waals surface area (Å²) >= 11 is 5.04. The van der Waals surface area contributed by atoms with Gasteiger partial charge in [0.25, 0.3) is 0 Å². The number of halogens is 1. The van der Waals surface area contributed by atoms with Crippen LogP contribution in [-0.2, 0) is 0 Å². The second-order valence-corrected chi connectivity index (χ2v) is 5.94. The first-order chi connectivity index (χ1) is 8.50. The molecule has 3 nitrogen and oxygen atoms in total. The van der Waals surface area contributed by atoms with E-state index in [9.17, 15) is 4.79 Å². The molecule has 0 spiro atoms. The first-order valence-corrected chi connectivity index (χ1v) is 7.05. The summed E-state index contributed by atoms with van der Waals surface area (Å²) in [6.45, 7) is 1.55. The van der Waals surface area contributed by atoms with Gasteiger partial charge in [-0.05, 0) is 6.07 Å². The highest BCUT2D eigenvalue weighted by molar-refractivity contribution is 9.10. The van der Waals surface area contributed by atoms with E-state index in [-0.39, 0.29) is 5.78 Å². The van der Waals surface area contributed by atoms with Crippen LogP contribution in [0, 0.1) is 0 Å². The Kier molecular flexibility index (Phi) is 3.82. The normalized spacial score (nSPS) is 10.4. The molecule has 0 N–H and O–H groups in total. The topological polar surface area (TPSA) is 33.2 Å². The lowest BCUT2D eigenvalue weighted by molar-refractivity contribution is 0.101. The van der Waals surface area contributed by atoms with Gasteiger partial charge in [0.15, 0.2) is 10.9 Å². The maximum atomic E-state index is 11.7. The standard InChI is InChI=1S/C13H13BrN2OS/c1-8(17)11-12(18-13(15-11)16(2)3)9-6-4-5-7-10(9)14/h4-7H,1-3H3. The number of thiazole rings is 1. The van der Waals surface area contributed by atoms with E-state index in [4.69, 9.17) is 0 Å². The van der Waals surface area contributed by atoms with Gasteiger partial charge in [-0.15, -0.1) is 0 Å². The Labute approximate surface area is 119 Å². The van der Waals surface area contributed by atoms with Gasteiger partial charge in [-0.25, -0.2) is 4.98 Å².